The molecule has 0 aliphatic heterocycles. The quantitative estimate of drug-likeness (QED) is 0.451. The van der Waals surface area contributed by atoms with Gasteiger partial charge in [0, 0.05) is 17.0 Å². The largest absolute Gasteiger partial charge is 0.494 e. The highest BCUT2D eigenvalue weighted by molar-refractivity contribution is 5.91. The summed E-state index contributed by atoms with van der Waals surface area (Å²) in [4.78, 5) is 26.3. The molecule has 8 heteroatoms. The van der Waals surface area contributed by atoms with Crippen LogP contribution in [0, 0.1) is 13.8 Å². The number of nitrogens with zero attached hydrogens (tertiary/aromatic N) is 4. The van der Waals surface area contributed by atoms with Crippen molar-refractivity contribution in [2.24, 2.45) is 0 Å². The van der Waals surface area contributed by atoms with Gasteiger partial charge in [-0.25, -0.2) is 9.36 Å². The fourth-order valence-corrected chi connectivity index (χ4v) is 4.22. The molecule has 0 spiro atoms. The first-order valence-corrected chi connectivity index (χ1v) is 11.5. The van der Waals surface area contributed by atoms with Gasteiger partial charge in [-0.05, 0) is 69.5 Å². The van der Waals surface area contributed by atoms with Crippen LogP contribution in [-0.2, 0) is 11.3 Å². The van der Waals surface area contributed by atoms with Gasteiger partial charge in [-0.2, -0.15) is 10.2 Å². The van der Waals surface area contributed by atoms with Gasteiger partial charge in [0.05, 0.1) is 24.2 Å². The molecule has 1 aliphatic rings. The van der Waals surface area contributed by atoms with Gasteiger partial charge in [0.25, 0.3) is 5.56 Å². The van der Waals surface area contributed by atoms with Crippen LogP contribution in [-0.4, -0.2) is 32.1 Å². The first kappa shape index (κ1) is 21.9. The second-order valence-electron chi connectivity index (χ2n) is 8.74. The molecule has 0 bridgehead atoms. The Morgan fingerprint density at radius 2 is 1.91 bits per heavy atom. The fraction of sp³-hybridized carbons (Fsp3) is 0.308. The molecule has 8 nitrogen and oxygen atoms in total. The van der Waals surface area contributed by atoms with E-state index >= 15 is 0 Å². The zero-order chi connectivity index (χ0) is 23.8. The Morgan fingerprint density at radius 3 is 2.59 bits per heavy atom. The standard InChI is InChI=1S/C26H27N5O3/c1-4-34-20-10-8-19(9-11-20)28-23(32)15-30-26(33)25-21(24(29-30)18-6-7-18)14-27-31(25)22-12-5-16(2)13-17(22)3/h5,8-14,18H,4,6-7,15H2,1-3H3,(H,28,32). The molecule has 0 unspecified atom stereocenters. The van der Waals surface area contributed by atoms with Gasteiger partial charge in [0.2, 0.25) is 5.91 Å². The van der Waals surface area contributed by atoms with Crippen molar-refractivity contribution >= 4 is 22.5 Å². The third kappa shape index (κ3) is 4.19. The van der Waals surface area contributed by atoms with E-state index in [-0.39, 0.29) is 18.0 Å². The molecular formula is C26H27N5O3. The summed E-state index contributed by atoms with van der Waals surface area (Å²) in [6.07, 6.45) is 3.77. The molecule has 174 valence electrons. The predicted molar refractivity (Wildman–Crippen MR) is 131 cm³/mol. The maximum atomic E-state index is 13.5. The van der Waals surface area contributed by atoms with Crippen LogP contribution in [0.3, 0.4) is 0 Å². The summed E-state index contributed by atoms with van der Waals surface area (Å²) in [5, 5.41) is 12.7. The minimum Gasteiger partial charge on any atom is -0.494 e. The lowest BCUT2D eigenvalue weighted by Crippen LogP contribution is -2.31. The number of nitrogens with one attached hydrogen (secondary N) is 1. The number of anilines is 1. The fourth-order valence-electron chi connectivity index (χ4n) is 4.22. The molecule has 1 amide bonds. The average Bonchev–Trinajstić information content (AvgIpc) is 3.56. The number of aryl methyl sites for hydroxylation is 2. The normalized spacial score (nSPS) is 13.3. The minimum atomic E-state index is -0.335. The van der Waals surface area contributed by atoms with E-state index < -0.39 is 0 Å². The number of aromatic nitrogens is 4. The van der Waals surface area contributed by atoms with Crippen LogP contribution in [0.5, 0.6) is 5.75 Å². The number of fused-ring (bicyclic) bond motifs is 1. The van der Waals surface area contributed by atoms with E-state index in [1.165, 1.54) is 4.68 Å². The second-order valence-corrected chi connectivity index (χ2v) is 8.74. The molecule has 34 heavy (non-hydrogen) atoms. The highest BCUT2D eigenvalue weighted by Crippen LogP contribution is 2.41. The van der Waals surface area contributed by atoms with Gasteiger partial charge in [0.15, 0.2) is 0 Å². The molecule has 1 fully saturated rings. The number of carbonyl (C=O) groups is 1. The van der Waals surface area contributed by atoms with Gasteiger partial charge < -0.3 is 10.1 Å². The summed E-state index contributed by atoms with van der Waals surface area (Å²) >= 11 is 0. The number of amides is 1. The predicted octanol–water partition coefficient (Wildman–Crippen LogP) is 4.11. The van der Waals surface area contributed by atoms with E-state index in [1.807, 2.05) is 32.9 Å². The van der Waals surface area contributed by atoms with Gasteiger partial charge in [-0.15, -0.1) is 0 Å². The van der Waals surface area contributed by atoms with Crippen molar-refractivity contribution in [1.29, 1.82) is 0 Å². The summed E-state index contributed by atoms with van der Waals surface area (Å²) in [5.41, 5.74) is 4.59. The minimum absolute atomic E-state index is 0.181. The molecule has 0 saturated heterocycles. The molecule has 2 heterocycles. The van der Waals surface area contributed by atoms with Gasteiger partial charge in [-0.1, -0.05) is 17.7 Å². The van der Waals surface area contributed by atoms with Crippen molar-refractivity contribution in [1.82, 2.24) is 19.6 Å². The number of hydrogen-bond acceptors (Lipinski definition) is 5. The van der Waals surface area contributed by atoms with Crippen LogP contribution in [0.25, 0.3) is 16.6 Å². The SMILES string of the molecule is CCOc1ccc(NC(=O)Cn2nc(C3CC3)c3cnn(-c4ccc(C)cc4C)c3c2=O)cc1. The van der Waals surface area contributed by atoms with E-state index in [0.717, 1.165) is 46.5 Å². The molecule has 1 saturated carbocycles. The van der Waals surface area contributed by atoms with Crippen molar-refractivity contribution < 1.29 is 9.53 Å². The Bertz CT molecular complexity index is 1430. The molecule has 0 atom stereocenters. The molecule has 4 aromatic rings. The first-order valence-electron chi connectivity index (χ1n) is 11.5. The van der Waals surface area contributed by atoms with Crippen molar-refractivity contribution in [3.05, 3.63) is 75.8 Å². The van der Waals surface area contributed by atoms with Crippen molar-refractivity contribution in [2.45, 2.75) is 46.1 Å². The Morgan fingerprint density at radius 1 is 1.15 bits per heavy atom. The molecule has 2 aromatic carbocycles. The van der Waals surface area contributed by atoms with Crippen molar-refractivity contribution in [3.63, 3.8) is 0 Å². The Hall–Kier alpha value is -3.94. The molecule has 1 N–H and O–H groups in total. The first-order chi connectivity index (χ1) is 16.4. The maximum absolute atomic E-state index is 13.5. The summed E-state index contributed by atoms with van der Waals surface area (Å²) in [7, 11) is 0. The summed E-state index contributed by atoms with van der Waals surface area (Å²) in [6, 6.07) is 13.2. The van der Waals surface area contributed by atoms with Crippen LogP contribution in [0.15, 0.2) is 53.5 Å². The number of hydrogen-bond donors (Lipinski definition) is 1. The Balaban J connectivity index is 1.50. The Kier molecular flexibility index (Phi) is 5.65. The monoisotopic (exact) mass is 457 g/mol. The van der Waals surface area contributed by atoms with Crippen LogP contribution < -0.4 is 15.6 Å². The summed E-state index contributed by atoms with van der Waals surface area (Å²) in [6.45, 7) is 6.34. The van der Waals surface area contributed by atoms with Gasteiger partial charge >= 0.3 is 0 Å². The molecule has 5 rings (SSSR count). The lowest BCUT2D eigenvalue weighted by Gasteiger charge is -2.12. The van der Waals surface area contributed by atoms with Crippen LogP contribution in [0.1, 0.15) is 42.5 Å². The van der Waals surface area contributed by atoms with Gasteiger partial charge in [-0.3, -0.25) is 9.59 Å². The highest BCUT2D eigenvalue weighted by Gasteiger charge is 2.30. The number of benzene rings is 2. The van der Waals surface area contributed by atoms with E-state index in [4.69, 9.17) is 4.74 Å². The number of ether oxygens (including phenoxy) is 1. The highest BCUT2D eigenvalue weighted by atomic mass is 16.5. The third-order valence-electron chi connectivity index (χ3n) is 6.00. The Labute approximate surface area is 197 Å². The lowest BCUT2D eigenvalue weighted by atomic mass is 10.1. The van der Waals surface area contributed by atoms with E-state index in [2.05, 4.69) is 21.6 Å². The molecule has 1 aliphatic carbocycles. The zero-order valence-electron chi connectivity index (χ0n) is 19.5. The summed E-state index contributed by atoms with van der Waals surface area (Å²) in [5.74, 6) is 0.704. The molecule has 0 radical (unpaired) electrons. The van der Waals surface area contributed by atoms with Crippen LogP contribution in [0.4, 0.5) is 5.69 Å². The number of rotatable bonds is 7. The van der Waals surface area contributed by atoms with E-state index in [9.17, 15) is 9.59 Å². The molecular weight excluding hydrogens is 430 g/mol. The average molecular weight is 458 g/mol. The van der Waals surface area contributed by atoms with Crippen LogP contribution >= 0.6 is 0 Å². The van der Waals surface area contributed by atoms with Crippen molar-refractivity contribution in [2.75, 3.05) is 11.9 Å². The maximum Gasteiger partial charge on any atom is 0.293 e. The summed E-state index contributed by atoms with van der Waals surface area (Å²) < 4.78 is 8.38. The van der Waals surface area contributed by atoms with Crippen molar-refractivity contribution in [3.8, 4) is 11.4 Å². The third-order valence-corrected chi connectivity index (χ3v) is 6.00. The van der Waals surface area contributed by atoms with Crippen LogP contribution in [0.2, 0.25) is 0 Å². The molecule has 2 aromatic heterocycles. The van der Waals surface area contributed by atoms with Gasteiger partial charge in [0.1, 0.15) is 17.8 Å². The van der Waals surface area contributed by atoms with E-state index in [1.54, 1.807) is 35.1 Å². The second kappa shape index (κ2) is 8.78. The van der Waals surface area contributed by atoms with E-state index in [0.29, 0.717) is 23.7 Å². The smallest absolute Gasteiger partial charge is 0.293 e. The zero-order valence-corrected chi connectivity index (χ0v) is 19.5. The number of carbonyl (C=O) groups excluding carboxylic acids is 1. The lowest BCUT2D eigenvalue weighted by molar-refractivity contribution is -0.117. The topological polar surface area (TPSA) is 91.0 Å².